The van der Waals surface area contributed by atoms with E-state index in [0.717, 1.165) is 25.9 Å². The number of nitrogens with two attached hydrogens (primary N) is 1. The zero-order valence-corrected chi connectivity index (χ0v) is 13.1. The third-order valence-electron chi connectivity index (χ3n) is 3.46. The molecule has 1 unspecified atom stereocenters. The van der Waals surface area contributed by atoms with Gasteiger partial charge in [0.25, 0.3) is 0 Å². The molecule has 1 aromatic carbocycles. The van der Waals surface area contributed by atoms with Crippen LogP contribution in [0.15, 0.2) is 18.2 Å². The zero-order valence-electron chi connectivity index (χ0n) is 11.5. The lowest BCUT2D eigenvalue weighted by molar-refractivity contribution is -0.116. The van der Waals surface area contributed by atoms with Crippen molar-refractivity contribution in [2.45, 2.75) is 19.3 Å². The monoisotopic (exact) mass is 331 g/mol. The van der Waals surface area contributed by atoms with Crippen molar-refractivity contribution >= 4 is 41.5 Å². The molecule has 0 bridgehead atoms. The summed E-state index contributed by atoms with van der Waals surface area (Å²) in [5.74, 6) is -0.0389. The summed E-state index contributed by atoms with van der Waals surface area (Å²) in [5.41, 5.74) is 6.00. The average molecular weight is 332 g/mol. The van der Waals surface area contributed by atoms with Crippen molar-refractivity contribution in [1.82, 2.24) is 5.32 Å². The molecular formula is C14H19Cl2N3O2. The number of halogens is 2. The Labute approximate surface area is 135 Å². The molecule has 1 aliphatic rings. The Morgan fingerprint density at radius 1 is 1.43 bits per heavy atom. The number of carbonyl (C=O) groups is 2. The van der Waals surface area contributed by atoms with Crippen LogP contribution in [-0.4, -0.2) is 24.9 Å². The number of nitrogens with one attached hydrogen (secondary N) is 2. The first-order valence-corrected chi connectivity index (χ1v) is 7.04. The summed E-state index contributed by atoms with van der Waals surface area (Å²) in [6, 6.07) is 4.68. The summed E-state index contributed by atoms with van der Waals surface area (Å²) in [5, 5.41) is 6.30. The Morgan fingerprint density at radius 2 is 2.19 bits per heavy atom. The second-order valence-electron chi connectivity index (χ2n) is 5.00. The molecule has 0 saturated carbocycles. The van der Waals surface area contributed by atoms with E-state index in [9.17, 15) is 9.59 Å². The van der Waals surface area contributed by atoms with Crippen LogP contribution >= 0.6 is 24.0 Å². The standard InChI is InChI=1S/C14H18ClN3O2.ClH/c15-12-7-10(2-3-11(12)14(16)20)18-13(19)4-1-9-5-6-17-8-9;/h2-3,7,9,17H,1,4-6,8H2,(H2,16,20)(H,18,19);1H. The van der Waals surface area contributed by atoms with Crippen molar-refractivity contribution < 1.29 is 9.59 Å². The van der Waals surface area contributed by atoms with Gasteiger partial charge >= 0.3 is 0 Å². The summed E-state index contributed by atoms with van der Waals surface area (Å²) in [6.07, 6.45) is 2.50. The van der Waals surface area contributed by atoms with E-state index in [2.05, 4.69) is 10.6 Å². The number of hydrogen-bond donors (Lipinski definition) is 3. The Kier molecular flexibility index (Phi) is 6.95. The van der Waals surface area contributed by atoms with Gasteiger partial charge in [-0.15, -0.1) is 12.4 Å². The number of hydrogen-bond acceptors (Lipinski definition) is 3. The molecule has 0 aliphatic carbocycles. The summed E-state index contributed by atoms with van der Waals surface area (Å²) < 4.78 is 0. The second-order valence-corrected chi connectivity index (χ2v) is 5.41. The highest BCUT2D eigenvalue weighted by Gasteiger charge is 2.16. The van der Waals surface area contributed by atoms with Gasteiger partial charge in [0, 0.05) is 12.1 Å². The molecule has 1 atom stereocenters. The van der Waals surface area contributed by atoms with Crippen molar-refractivity contribution in [3.63, 3.8) is 0 Å². The second kappa shape index (κ2) is 8.22. The fourth-order valence-corrected chi connectivity index (χ4v) is 2.59. The molecule has 1 heterocycles. The first kappa shape index (κ1) is 17.8. The topological polar surface area (TPSA) is 84.2 Å². The van der Waals surface area contributed by atoms with Crippen LogP contribution in [0.2, 0.25) is 5.02 Å². The maximum Gasteiger partial charge on any atom is 0.250 e. The van der Waals surface area contributed by atoms with Crippen LogP contribution in [0.4, 0.5) is 5.69 Å². The van der Waals surface area contributed by atoms with Gasteiger partial charge in [0.2, 0.25) is 11.8 Å². The highest BCUT2D eigenvalue weighted by Crippen LogP contribution is 2.21. The number of anilines is 1. The van der Waals surface area contributed by atoms with Crippen molar-refractivity contribution in [2.24, 2.45) is 11.7 Å². The predicted octanol–water partition coefficient (Wildman–Crippen LogP) is 2.19. The molecule has 1 fully saturated rings. The minimum absolute atomic E-state index is 0. The lowest BCUT2D eigenvalue weighted by Crippen LogP contribution is -2.15. The predicted molar refractivity (Wildman–Crippen MR) is 86.1 cm³/mol. The molecule has 1 saturated heterocycles. The molecule has 2 rings (SSSR count). The number of amides is 2. The van der Waals surface area contributed by atoms with Gasteiger partial charge in [-0.05, 0) is 50.0 Å². The fourth-order valence-electron chi connectivity index (χ4n) is 2.31. The Balaban J connectivity index is 0.00000220. The average Bonchev–Trinajstić information content (AvgIpc) is 2.89. The lowest BCUT2D eigenvalue weighted by atomic mass is 10.0. The minimum atomic E-state index is -0.582. The van der Waals surface area contributed by atoms with Crippen LogP contribution in [0, 0.1) is 5.92 Å². The number of carbonyl (C=O) groups excluding carboxylic acids is 2. The van der Waals surface area contributed by atoms with E-state index in [1.54, 1.807) is 6.07 Å². The lowest BCUT2D eigenvalue weighted by Gasteiger charge is -2.09. The molecule has 7 heteroatoms. The van der Waals surface area contributed by atoms with Gasteiger partial charge in [-0.25, -0.2) is 0 Å². The van der Waals surface area contributed by atoms with Crippen LogP contribution in [0.3, 0.4) is 0 Å². The molecule has 0 aromatic heterocycles. The SMILES string of the molecule is Cl.NC(=O)c1ccc(NC(=O)CCC2CCNC2)cc1Cl. The van der Waals surface area contributed by atoms with Crippen LogP contribution in [0.1, 0.15) is 29.6 Å². The van der Waals surface area contributed by atoms with Crippen LogP contribution < -0.4 is 16.4 Å². The van der Waals surface area contributed by atoms with Gasteiger partial charge in [-0.1, -0.05) is 11.6 Å². The molecule has 116 valence electrons. The minimum Gasteiger partial charge on any atom is -0.366 e. The van der Waals surface area contributed by atoms with Crippen LogP contribution in [-0.2, 0) is 4.79 Å². The largest absolute Gasteiger partial charge is 0.366 e. The van der Waals surface area contributed by atoms with E-state index in [-0.39, 0.29) is 28.9 Å². The molecule has 21 heavy (non-hydrogen) atoms. The van der Waals surface area contributed by atoms with Gasteiger partial charge in [-0.3, -0.25) is 9.59 Å². The van der Waals surface area contributed by atoms with Gasteiger partial charge in [0.05, 0.1) is 10.6 Å². The van der Waals surface area contributed by atoms with E-state index in [4.69, 9.17) is 17.3 Å². The molecule has 1 aliphatic heterocycles. The van der Waals surface area contributed by atoms with Gasteiger partial charge in [0.15, 0.2) is 0 Å². The molecular weight excluding hydrogens is 313 g/mol. The summed E-state index contributed by atoms with van der Waals surface area (Å²) in [6.45, 7) is 2.03. The van der Waals surface area contributed by atoms with Crippen LogP contribution in [0.25, 0.3) is 0 Å². The maximum atomic E-state index is 11.8. The molecule has 0 spiro atoms. The smallest absolute Gasteiger partial charge is 0.250 e. The number of benzene rings is 1. The van der Waals surface area contributed by atoms with Gasteiger partial charge < -0.3 is 16.4 Å². The summed E-state index contributed by atoms with van der Waals surface area (Å²) in [4.78, 5) is 22.9. The number of rotatable bonds is 5. The van der Waals surface area contributed by atoms with Crippen molar-refractivity contribution in [3.05, 3.63) is 28.8 Å². The van der Waals surface area contributed by atoms with E-state index < -0.39 is 5.91 Å². The van der Waals surface area contributed by atoms with Gasteiger partial charge in [0.1, 0.15) is 0 Å². The quantitative estimate of drug-likeness (QED) is 0.773. The first-order chi connectivity index (χ1) is 9.56. The fraction of sp³-hybridized carbons (Fsp3) is 0.429. The molecule has 4 N–H and O–H groups in total. The normalized spacial score (nSPS) is 17.1. The van der Waals surface area contributed by atoms with Crippen LogP contribution in [0.5, 0.6) is 0 Å². The Hall–Kier alpha value is -1.30. The Bertz CT molecular complexity index is 517. The van der Waals surface area contributed by atoms with Crippen molar-refractivity contribution in [3.8, 4) is 0 Å². The first-order valence-electron chi connectivity index (χ1n) is 6.66. The molecule has 1 aromatic rings. The van der Waals surface area contributed by atoms with Gasteiger partial charge in [-0.2, -0.15) is 0 Å². The van der Waals surface area contributed by atoms with E-state index in [0.29, 0.717) is 18.0 Å². The van der Waals surface area contributed by atoms with E-state index in [1.165, 1.54) is 12.1 Å². The molecule has 2 amide bonds. The zero-order chi connectivity index (χ0) is 14.5. The highest BCUT2D eigenvalue weighted by molar-refractivity contribution is 6.34. The van der Waals surface area contributed by atoms with E-state index >= 15 is 0 Å². The summed E-state index contributed by atoms with van der Waals surface area (Å²) >= 11 is 5.93. The third-order valence-corrected chi connectivity index (χ3v) is 3.77. The highest BCUT2D eigenvalue weighted by atomic mass is 35.5. The van der Waals surface area contributed by atoms with E-state index in [1.807, 2.05) is 0 Å². The van der Waals surface area contributed by atoms with Crippen molar-refractivity contribution in [2.75, 3.05) is 18.4 Å². The molecule has 5 nitrogen and oxygen atoms in total. The summed E-state index contributed by atoms with van der Waals surface area (Å²) in [7, 11) is 0. The third kappa shape index (κ3) is 5.19. The maximum absolute atomic E-state index is 11.8. The molecule has 0 radical (unpaired) electrons. The number of primary amides is 1. The van der Waals surface area contributed by atoms with Crippen molar-refractivity contribution in [1.29, 1.82) is 0 Å². The Morgan fingerprint density at radius 3 is 2.76 bits per heavy atom.